The smallest absolute Gasteiger partial charge is 0.336 e. The molecule has 0 aromatic heterocycles. The van der Waals surface area contributed by atoms with Crippen molar-refractivity contribution in [3.05, 3.63) is 63.6 Å². The van der Waals surface area contributed by atoms with Crippen LogP contribution in [-0.4, -0.2) is 72.4 Å². The van der Waals surface area contributed by atoms with Gasteiger partial charge in [0.2, 0.25) is 0 Å². The maximum absolute atomic E-state index is 11.5. The van der Waals surface area contributed by atoms with E-state index in [1.807, 2.05) is 18.2 Å². The molecule has 0 spiro atoms. The van der Waals surface area contributed by atoms with Gasteiger partial charge in [0.05, 0.1) is 28.3 Å². The Kier molecular flexibility index (Phi) is 7.92. The van der Waals surface area contributed by atoms with Crippen molar-refractivity contribution in [3.63, 3.8) is 0 Å². The molecule has 172 valence electrons. The van der Waals surface area contributed by atoms with Crippen LogP contribution in [0, 0.1) is 0 Å². The third-order valence-corrected chi connectivity index (χ3v) is 6.79. The van der Waals surface area contributed by atoms with E-state index in [1.54, 1.807) is 24.3 Å². The Hall–Kier alpha value is -1.83. The number of nitrogens with zero attached hydrogens (tertiary/aromatic N) is 2. The zero-order valence-electron chi connectivity index (χ0n) is 17.9. The lowest BCUT2D eigenvalue weighted by molar-refractivity contribution is -0.0511. The lowest BCUT2D eigenvalue weighted by Crippen LogP contribution is -2.49. The van der Waals surface area contributed by atoms with Crippen molar-refractivity contribution in [3.8, 4) is 5.75 Å². The van der Waals surface area contributed by atoms with Crippen molar-refractivity contribution in [2.24, 2.45) is 0 Å². The van der Waals surface area contributed by atoms with Crippen LogP contribution in [-0.2, 0) is 11.3 Å². The molecule has 4 rings (SSSR count). The van der Waals surface area contributed by atoms with E-state index >= 15 is 0 Å². The number of aromatic carboxylic acids is 1. The van der Waals surface area contributed by atoms with Gasteiger partial charge in [0.15, 0.2) is 0 Å². The number of benzene rings is 2. The summed E-state index contributed by atoms with van der Waals surface area (Å²) in [6.07, 6.45) is 2.18. The first kappa shape index (κ1) is 23.3. The number of piperidine rings is 1. The Labute approximate surface area is 198 Å². The van der Waals surface area contributed by atoms with Gasteiger partial charge < -0.3 is 19.5 Å². The van der Waals surface area contributed by atoms with Crippen molar-refractivity contribution < 1.29 is 19.4 Å². The van der Waals surface area contributed by atoms with Gasteiger partial charge in [-0.3, -0.25) is 4.90 Å². The minimum absolute atomic E-state index is 0.119. The summed E-state index contributed by atoms with van der Waals surface area (Å²) in [5, 5.41) is 10.5. The van der Waals surface area contributed by atoms with Crippen molar-refractivity contribution in [1.82, 2.24) is 9.80 Å². The predicted molar refractivity (Wildman–Crippen MR) is 125 cm³/mol. The number of morpholine rings is 1. The maximum atomic E-state index is 11.5. The van der Waals surface area contributed by atoms with E-state index in [2.05, 4.69) is 9.80 Å². The molecule has 0 unspecified atom stereocenters. The fourth-order valence-electron chi connectivity index (χ4n) is 4.38. The van der Waals surface area contributed by atoms with Crippen LogP contribution in [0.4, 0.5) is 0 Å². The van der Waals surface area contributed by atoms with Crippen LogP contribution in [0.3, 0.4) is 0 Å². The number of halogens is 2. The quantitative estimate of drug-likeness (QED) is 0.634. The van der Waals surface area contributed by atoms with E-state index in [1.165, 1.54) is 0 Å². The minimum atomic E-state index is -0.878. The van der Waals surface area contributed by atoms with Gasteiger partial charge in [-0.15, -0.1) is 0 Å². The second kappa shape index (κ2) is 10.9. The van der Waals surface area contributed by atoms with Gasteiger partial charge in [0, 0.05) is 45.3 Å². The summed E-state index contributed by atoms with van der Waals surface area (Å²) in [6.45, 7) is 5.67. The van der Waals surface area contributed by atoms with Crippen LogP contribution in [0.25, 0.3) is 0 Å². The average molecular weight is 479 g/mol. The van der Waals surface area contributed by atoms with E-state index < -0.39 is 5.97 Å². The zero-order valence-corrected chi connectivity index (χ0v) is 19.4. The number of ether oxygens (including phenoxy) is 2. The molecular formula is C24H28Cl2N2O4. The largest absolute Gasteiger partial charge is 0.490 e. The fourth-order valence-corrected chi connectivity index (χ4v) is 4.67. The summed E-state index contributed by atoms with van der Waals surface area (Å²) in [6, 6.07) is 12.6. The van der Waals surface area contributed by atoms with Crippen molar-refractivity contribution in [1.29, 1.82) is 0 Å². The van der Waals surface area contributed by atoms with Gasteiger partial charge in [-0.2, -0.15) is 0 Å². The van der Waals surface area contributed by atoms with Gasteiger partial charge in [0.1, 0.15) is 11.9 Å². The second-order valence-corrected chi connectivity index (χ2v) is 9.20. The van der Waals surface area contributed by atoms with Crippen molar-refractivity contribution >= 4 is 29.2 Å². The standard InChI is InChI=1S/C24H28Cl2N2O4/c25-22-6-5-19(13-23(22)26)32-18-7-9-27(10-8-18)15-20-16-28(11-12-31-20)14-17-3-1-2-4-21(17)24(29)30/h1-6,13,18,20H,7-12,14-16H2,(H,29,30)/t20-/m1/s1. The van der Waals surface area contributed by atoms with E-state index in [-0.39, 0.29) is 12.2 Å². The average Bonchev–Trinajstić information content (AvgIpc) is 2.78. The second-order valence-electron chi connectivity index (χ2n) is 8.38. The van der Waals surface area contributed by atoms with Crippen LogP contribution in [0.15, 0.2) is 42.5 Å². The fraction of sp³-hybridized carbons (Fsp3) is 0.458. The molecule has 6 nitrogen and oxygen atoms in total. The summed E-state index contributed by atoms with van der Waals surface area (Å²) in [4.78, 5) is 16.2. The van der Waals surface area contributed by atoms with Gasteiger partial charge in [0.25, 0.3) is 0 Å². The Morgan fingerprint density at radius 3 is 2.59 bits per heavy atom. The van der Waals surface area contributed by atoms with Crippen LogP contribution in [0.5, 0.6) is 5.75 Å². The van der Waals surface area contributed by atoms with E-state index in [9.17, 15) is 9.90 Å². The molecule has 0 saturated carbocycles. The normalized spacial score (nSPS) is 20.9. The summed E-state index contributed by atoms with van der Waals surface area (Å²) >= 11 is 12.1. The number of carbonyl (C=O) groups is 1. The van der Waals surface area contributed by atoms with E-state index in [0.717, 1.165) is 56.9 Å². The van der Waals surface area contributed by atoms with Gasteiger partial charge in [-0.1, -0.05) is 41.4 Å². The number of likely N-dealkylation sites (tertiary alicyclic amines) is 1. The molecule has 32 heavy (non-hydrogen) atoms. The van der Waals surface area contributed by atoms with Gasteiger partial charge in [-0.05, 0) is 36.6 Å². The van der Waals surface area contributed by atoms with Crippen LogP contribution >= 0.6 is 23.2 Å². The number of hydrogen-bond donors (Lipinski definition) is 1. The molecule has 8 heteroatoms. The Morgan fingerprint density at radius 2 is 1.84 bits per heavy atom. The Balaban J connectivity index is 1.24. The molecule has 0 aliphatic carbocycles. The summed E-state index contributed by atoms with van der Waals surface area (Å²) in [5.74, 6) is -0.123. The molecule has 0 bridgehead atoms. The molecule has 2 aliphatic heterocycles. The number of rotatable bonds is 7. The maximum Gasteiger partial charge on any atom is 0.336 e. The van der Waals surface area contributed by atoms with E-state index in [0.29, 0.717) is 28.8 Å². The monoisotopic (exact) mass is 478 g/mol. The molecule has 2 aromatic rings. The minimum Gasteiger partial charge on any atom is -0.490 e. The molecule has 0 amide bonds. The summed E-state index contributed by atoms with van der Waals surface area (Å²) < 4.78 is 12.1. The predicted octanol–water partition coefficient (Wildman–Crippen LogP) is 4.44. The third kappa shape index (κ3) is 6.15. The molecule has 1 N–H and O–H groups in total. The lowest BCUT2D eigenvalue weighted by atomic mass is 10.1. The zero-order chi connectivity index (χ0) is 22.5. The summed E-state index contributed by atoms with van der Waals surface area (Å²) in [7, 11) is 0. The molecule has 2 heterocycles. The molecule has 1 atom stereocenters. The number of hydrogen-bond acceptors (Lipinski definition) is 5. The first-order chi connectivity index (χ1) is 15.5. The van der Waals surface area contributed by atoms with Crippen LogP contribution < -0.4 is 4.74 Å². The highest BCUT2D eigenvalue weighted by atomic mass is 35.5. The van der Waals surface area contributed by atoms with Crippen LogP contribution in [0.1, 0.15) is 28.8 Å². The molecule has 2 saturated heterocycles. The highest BCUT2D eigenvalue weighted by molar-refractivity contribution is 6.42. The Bertz CT molecular complexity index is 934. The molecule has 2 fully saturated rings. The van der Waals surface area contributed by atoms with Crippen molar-refractivity contribution in [2.45, 2.75) is 31.6 Å². The first-order valence-corrected chi connectivity index (χ1v) is 11.7. The number of carboxylic acid groups (broad SMARTS) is 1. The lowest BCUT2D eigenvalue weighted by Gasteiger charge is -2.38. The van der Waals surface area contributed by atoms with Gasteiger partial charge >= 0.3 is 5.97 Å². The number of carboxylic acids is 1. The van der Waals surface area contributed by atoms with Crippen molar-refractivity contribution in [2.75, 3.05) is 39.3 Å². The SMILES string of the molecule is O=C(O)c1ccccc1CN1CCO[C@H](CN2CCC(Oc3ccc(Cl)c(Cl)c3)CC2)C1. The molecule has 2 aromatic carbocycles. The molecular weight excluding hydrogens is 451 g/mol. The Morgan fingerprint density at radius 1 is 1.06 bits per heavy atom. The molecule has 0 radical (unpaired) electrons. The van der Waals surface area contributed by atoms with Crippen LogP contribution in [0.2, 0.25) is 10.0 Å². The highest BCUT2D eigenvalue weighted by Crippen LogP contribution is 2.28. The van der Waals surface area contributed by atoms with Gasteiger partial charge in [-0.25, -0.2) is 4.79 Å². The molecule has 2 aliphatic rings. The summed E-state index contributed by atoms with van der Waals surface area (Å²) in [5.41, 5.74) is 1.22. The topological polar surface area (TPSA) is 62.2 Å². The van der Waals surface area contributed by atoms with E-state index in [4.69, 9.17) is 32.7 Å². The first-order valence-electron chi connectivity index (χ1n) is 11.0. The third-order valence-electron chi connectivity index (χ3n) is 6.05. The highest BCUT2D eigenvalue weighted by Gasteiger charge is 2.27.